The smallest absolute Gasteiger partial charge is 0.281 e. The van der Waals surface area contributed by atoms with Gasteiger partial charge >= 0.3 is 6.18 Å². The quantitative estimate of drug-likeness (QED) is 0.719. The van der Waals surface area contributed by atoms with E-state index in [1.54, 1.807) is 37.0 Å². The molecule has 0 bridgehead atoms. The first-order valence-electron chi connectivity index (χ1n) is 7.17. The van der Waals surface area contributed by atoms with Crippen LogP contribution in [0.5, 0.6) is 0 Å². The van der Waals surface area contributed by atoms with Gasteiger partial charge in [-0.1, -0.05) is 6.07 Å². The van der Waals surface area contributed by atoms with Gasteiger partial charge in [-0.15, -0.1) is 0 Å². The van der Waals surface area contributed by atoms with Crippen LogP contribution in [-0.4, -0.2) is 14.3 Å². The molecule has 0 aliphatic heterocycles. The summed E-state index contributed by atoms with van der Waals surface area (Å²) < 4.78 is 41.7. The Morgan fingerprint density at radius 2 is 1.83 bits per heavy atom. The molecule has 1 aromatic carbocycles. The summed E-state index contributed by atoms with van der Waals surface area (Å²) in [5.74, 6) is 0. The van der Waals surface area contributed by atoms with Crippen molar-refractivity contribution in [2.45, 2.75) is 13.1 Å². The summed E-state index contributed by atoms with van der Waals surface area (Å²) in [5, 5.41) is 4.09. The van der Waals surface area contributed by atoms with Gasteiger partial charge in [-0.3, -0.25) is 14.0 Å². The monoisotopic (exact) mass is 333 g/mol. The summed E-state index contributed by atoms with van der Waals surface area (Å²) in [4.78, 5) is 12.3. The SMILES string of the molecule is Cc1c(-c2ccnn2C)ccc(=O)n1-c1cccc(C(F)(F)F)c1. The van der Waals surface area contributed by atoms with E-state index in [2.05, 4.69) is 5.10 Å². The predicted molar refractivity (Wildman–Crippen MR) is 84.0 cm³/mol. The molecule has 0 fully saturated rings. The van der Waals surface area contributed by atoms with Gasteiger partial charge in [0.25, 0.3) is 5.56 Å². The molecule has 2 aromatic heterocycles. The molecular weight excluding hydrogens is 319 g/mol. The fourth-order valence-electron chi connectivity index (χ4n) is 2.69. The highest BCUT2D eigenvalue weighted by molar-refractivity contribution is 5.63. The Balaban J connectivity index is 2.23. The second-order valence-electron chi connectivity index (χ2n) is 5.39. The van der Waals surface area contributed by atoms with Crippen LogP contribution in [0.15, 0.2) is 53.5 Å². The molecule has 0 radical (unpaired) electrons. The molecule has 0 aliphatic rings. The number of aryl methyl sites for hydroxylation is 1. The van der Waals surface area contributed by atoms with Gasteiger partial charge in [-0.25, -0.2) is 0 Å². The third-order valence-electron chi connectivity index (χ3n) is 3.87. The standard InChI is InChI=1S/C17H14F3N3O/c1-11-14(15-8-9-21-22(15)2)6-7-16(24)23(11)13-5-3-4-12(10-13)17(18,19)20/h3-10H,1-2H3. The lowest BCUT2D eigenvalue weighted by atomic mass is 10.1. The Bertz CT molecular complexity index is 954. The van der Waals surface area contributed by atoms with Crippen molar-refractivity contribution in [3.8, 4) is 16.9 Å². The van der Waals surface area contributed by atoms with Crippen molar-refractivity contribution in [2.75, 3.05) is 0 Å². The molecule has 2 heterocycles. The molecular formula is C17H14F3N3O. The van der Waals surface area contributed by atoms with Crippen LogP contribution in [0.25, 0.3) is 16.9 Å². The van der Waals surface area contributed by atoms with E-state index in [4.69, 9.17) is 0 Å². The van der Waals surface area contributed by atoms with E-state index in [-0.39, 0.29) is 5.69 Å². The zero-order chi connectivity index (χ0) is 17.5. The van der Waals surface area contributed by atoms with Crippen LogP contribution in [0.1, 0.15) is 11.3 Å². The van der Waals surface area contributed by atoms with Crippen LogP contribution >= 0.6 is 0 Å². The minimum atomic E-state index is -4.47. The highest BCUT2D eigenvalue weighted by Crippen LogP contribution is 2.31. The molecule has 0 saturated carbocycles. The molecule has 3 rings (SSSR count). The first-order chi connectivity index (χ1) is 11.3. The highest BCUT2D eigenvalue weighted by atomic mass is 19.4. The Morgan fingerprint density at radius 3 is 2.46 bits per heavy atom. The third kappa shape index (κ3) is 2.73. The van der Waals surface area contributed by atoms with E-state index in [1.165, 1.54) is 22.8 Å². The molecule has 0 atom stereocenters. The summed E-state index contributed by atoms with van der Waals surface area (Å²) in [6.45, 7) is 1.70. The number of hydrogen-bond acceptors (Lipinski definition) is 2. The Morgan fingerprint density at radius 1 is 1.08 bits per heavy atom. The summed E-state index contributed by atoms with van der Waals surface area (Å²) in [6, 6.07) is 9.51. The normalized spacial score (nSPS) is 11.7. The number of aromatic nitrogens is 3. The molecule has 7 heteroatoms. The molecule has 4 nitrogen and oxygen atoms in total. The third-order valence-corrected chi connectivity index (χ3v) is 3.87. The summed E-state index contributed by atoms with van der Waals surface area (Å²) in [7, 11) is 1.76. The van der Waals surface area contributed by atoms with E-state index in [0.717, 1.165) is 23.4 Å². The molecule has 124 valence electrons. The largest absolute Gasteiger partial charge is 0.416 e. The van der Waals surface area contributed by atoms with Gasteiger partial charge in [-0.2, -0.15) is 18.3 Å². The number of halogens is 3. The molecule has 3 aromatic rings. The van der Waals surface area contributed by atoms with E-state index in [9.17, 15) is 18.0 Å². The zero-order valence-electron chi connectivity index (χ0n) is 13.0. The van der Waals surface area contributed by atoms with Gasteiger partial charge in [0.1, 0.15) is 0 Å². The van der Waals surface area contributed by atoms with Crippen LogP contribution in [0.3, 0.4) is 0 Å². The first-order valence-corrected chi connectivity index (χ1v) is 7.17. The van der Waals surface area contributed by atoms with Gasteiger partial charge in [0, 0.05) is 36.3 Å². The average Bonchev–Trinajstić information content (AvgIpc) is 2.93. The molecule has 0 unspecified atom stereocenters. The minimum absolute atomic E-state index is 0.177. The van der Waals surface area contributed by atoms with Crippen molar-refractivity contribution in [1.82, 2.24) is 14.3 Å². The molecule has 0 amide bonds. The van der Waals surface area contributed by atoms with Gasteiger partial charge in [0.15, 0.2) is 0 Å². The maximum atomic E-state index is 12.9. The topological polar surface area (TPSA) is 39.8 Å². The highest BCUT2D eigenvalue weighted by Gasteiger charge is 2.30. The second-order valence-corrected chi connectivity index (χ2v) is 5.39. The molecule has 0 aliphatic carbocycles. The summed E-state index contributed by atoms with van der Waals surface area (Å²) in [5.41, 5.74) is 1.04. The van der Waals surface area contributed by atoms with E-state index >= 15 is 0 Å². The number of hydrogen-bond donors (Lipinski definition) is 0. The van der Waals surface area contributed by atoms with E-state index in [1.807, 2.05) is 0 Å². The Hall–Kier alpha value is -2.83. The number of nitrogens with zero attached hydrogens (tertiary/aromatic N) is 3. The van der Waals surface area contributed by atoms with Gasteiger partial charge in [0.05, 0.1) is 11.3 Å². The minimum Gasteiger partial charge on any atom is -0.281 e. The molecule has 24 heavy (non-hydrogen) atoms. The van der Waals surface area contributed by atoms with Crippen LogP contribution in [-0.2, 0) is 13.2 Å². The molecule has 0 saturated heterocycles. The van der Waals surface area contributed by atoms with Crippen molar-refractivity contribution >= 4 is 0 Å². The maximum absolute atomic E-state index is 12.9. The predicted octanol–water partition coefficient (Wildman–Crippen LogP) is 3.57. The van der Waals surface area contributed by atoms with Gasteiger partial charge in [-0.05, 0) is 37.3 Å². The number of alkyl halides is 3. The van der Waals surface area contributed by atoms with Crippen molar-refractivity contribution in [2.24, 2.45) is 7.05 Å². The first kappa shape index (κ1) is 16.0. The summed E-state index contributed by atoms with van der Waals surface area (Å²) >= 11 is 0. The number of benzene rings is 1. The molecule has 0 spiro atoms. The van der Waals surface area contributed by atoms with Crippen molar-refractivity contribution in [3.63, 3.8) is 0 Å². The number of rotatable bonds is 2. The van der Waals surface area contributed by atoms with Crippen molar-refractivity contribution < 1.29 is 13.2 Å². The zero-order valence-corrected chi connectivity index (χ0v) is 13.0. The van der Waals surface area contributed by atoms with Crippen LogP contribution < -0.4 is 5.56 Å². The van der Waals surface area contributed by atoms with Gasteiger partial charge < -0.3 is 0 Å². The fraction of sp³-hybridized carbons (Fsp3) is 0.176. The van der Waals surface area contributed by atoms with E-state index < -0.39 is 17.3 Å². The maximum Gasteiger partial charge on any atom is 0.416 e. The molecule has 0 N–H and O–H groups in total. The van der Waals surface area contributed by atoms with Crippen molar-refractivity contribution in [1.29, 1.82) is 0 Å². The van der Waals surface area contributed by atoms with E-state index in [0.29, 0.717) is 5.69 Å². The average molecular weight is 333 g/mol. The fourth-order valence-corrected chi connectivity index (χ4v) is 2.69. The second kappa shape index (κ2) is 5.67. The summed E-state index contributed by atoms with van der Waals surface area (Å²) in [6.07, 6.45) is -2.85. The van der Waals surface area contributed by atoms with Gasteiger partial charge in [0.2, 0.25) is 0 Å². The van der Waals surface area contributed by atoms with Crippen LogP contribution in [0.2, 0.25) is 0 Å². The van der Waals surface area contributed by atoms with Crippen molar-refractivity contribution in [3.05, 3.63) is 70.3 Å². The Labute approximate surface area is 135 Å². The lowest BCUT2D eigenvalue weighted by Gasteiger charge is -2.15. The lowest BCUT2D eigenvalue weighted by molar-refractivity contribution is -0.137. The van der Waals surface area contributed by atoms with Crippen LogP contribution in [0.4, 0.5) is 13.2 Å². The number of pyridine rings is 1. The van der Waals surface area contributed by atoms with Crippen LogP contribution in [0, 0.1) is 6.92 Å². The Kier molecular flexibility index (Phi) is 3.79. The lowest BCUT2D eigenvalue weighted by Crippen LogP contribution is -2.21.